The van der Waals surface area contributed by atoms with Crippen LogP contribution in [0.25, 0.3) is 0 Å². The van der Waals surface area contributed by atoms with Gasteiger partial charge in [-0.3, -0.25) is 0 Å². The molecule has 0 radical (unpaired) electrons. The molecule has 1 heterocycles. The molecule has 0 aromatic carbocycles. The van der Waals surface area contributed by atoms with Gasteiger partial charge < -0.3 is 22.7 Å². The van der Waals surface area contributed by atoms with Crippen LogP contribution in [-0.4, -0.2) is 79.0 Å². The Morgan fingerprint density at radius 1 is 0.833 bits per heavy atom. The molecule has 0 aromatic heterocycles. The van der Waals surface area contributed by atoms with E-state index in [2.05, 4.69) is 36.0 Å². The van der Waals surface area contributed by atoms with Gasteiger partial charge in [-0.25, -0.2) is 0 Å². The standard InChI is InChI=1S/C17H40N2O3Si2/c1-8-20-24(21-9-2,22-10-3)16-17(4)15-18-11-13-19(14-12-18)23(5,6)7/h17H,8-16H2,1-7H3. The zero-order chi connectivity index (χ0) is 18.2. The van der Waals surface area contributed by atoms with Crippen molar-refractivity contribution in [2.75, 3.05) is 52.5 Å². The summed E-state index contributed by atoms with van der Waals surface area (Å²) in [5.41, 5.74) is 0. The molecule has 1 aliphatic heterocycles. The highest BCUT2D eigenvalue weighted by Crippen LogP contribution is 2.23. The predicted octanol–water partition coefficient (Wildman–Crippen LogP) is 3.12. The lowest BCUT2D eigenvalue weighted by atomic mass is 10.2. The quantitative estimate of drug-likeness (QED) is 0.518. The molecule has 0 amide bonds. The number of piperazine rings is 1. The molecule has 1 rings (SSSR count). The van der Waals surface area contributed by atoms with Gasteiger partial charge in [0.05, 0.1) is 0 Å². The first kappa shape index (κ1) is 22.3. The third kappa shape index (κ3) is 7.23. The van der Waals surface area contributed by atoms with Crippen LogP contribution >= 0.6 is 0 Å². The molecule has 0 bridgehead atoms. The summed E-state index contributed by atoms with van der Waals surface area (Å²) in [6.45, 7) is 23.6. The van der Waals surface area contributed by atoms with E-state index in [0.29, 0.717) is 25.7 Å². The van der Waals surface area contributed by atoms with Gasteiger partial charge >= 0.3 is 8.80 Å². The zero-order valence-corrected chi connectivity index (χ0v) is 19.1. The van der Waals surface area contributed by atoms with Gasteiger partial charge in [-0.05, 0) is 26.7 Å². The maximum atomic E-state index is 6.01. The summed E-state index contributed by atoms with van der Waals surface area (Å²) in [7, 11) is -3.66. The SMILES string of the molecule is CCO[Si](CC(C)CN1CCN([Si](C)(C)C)CC1)(OCC)OCC. The Kier molecular flexibility index (Phi) is 9.65. The van der Waals surface area contributed by atoms with E-state index in [-0.39, 0.29) is 0 Å². The monoisotopic (exact) mass is 376 g/mol. The van der Waals surface area contributed by atoms with Gasteiger partial charge in [0.2, 0.25) is 0 Å². The zero-order valence-electron chi connectivity index (χ0n) is 17.1. The molecule has 0 aliphatic carbocycles. The van der Waals surface area contributed by atoms with Crippen molar-refractivity contribution in [3.05, 3.63) is 0 Å². The van der Waals surface area contributed by atoms with Crippen LogP contribution in [0.3, 0.4) is 0 Å². The molecule has 0 spiro atoms. The van der Waals surface area contributed by atoms with Gasteiger partial charge in [-0.1, -0.05) is 26.6 Å². The fraction of sp³-hybridized carbons (Fsp3) is 1.00. The second kappa shape index (κ2) is 10.4. The Balaban J connectivity index is 2.52. The Morgan fingerprint density at radius 3 is 1.67 bits per heavy atom. The van der Waals surface area contributed by atoms with Gasteiger partial charge in [-0.15, -0.1) is 0 Å². The van der Waals surface area contributed by atoms with Gasteiger partial charge in [-0.2, -0.15) is 0 Å². The average molecular weight is 377 g/mol. The van der Waals surface area contributed by atoms with Gasteiger partial charge in [0.25, 0.3) is 0 Å². The van der Waals surface area contributed by atoms with E-state index in [1.165, 1.54) is 26.2 Å². The first-order valence-electron chi connectivity index (χ1n) is 9.65. The normalized spacial score (nSPS) is 19.6. The first-order valence-corrected chi connectivity index (χ1v) is 15.0. The van der Waals surface area contributed by atoms with Crippen molar-refractivity contribution in [1.29, 1.82) is 0 Å². The minimum Gasteiger partial charge on any atom is -0.374 e. The van der Waals surface area contributed by atoms with Crippen molar-refractivity contribution < 1.29 is 13.3 Å². The molecule has 1 unspecified atom stereocenters. The van der Waals surface area contributed by atoms with Crippen molar-refractivity contribution in [3.63, 3.8) is 0 Å². The molecule has 1 atom stereocenters. The van der Waals surface area contributed by atoms with E-state index in [4.69, 9.17) is 13.3 Å². The molecule has 5 nitrogen and oxygen atoms in total. The van der Waals surface area contributed by atoms with E-state index < -0.39 is 17.0 Å². The van der Waals surface area contributed by atoms with Crippen molar-refractivity contribution in [3.8, 4) is 0 Å². The summed E-state index contributed by atoms with van der Waals surface area (Å²) in [6, 6.07) is 0.913. The van der Waals surface area contributed by atoms with Crippen molar-refractivity contribution in [1.82, 2.24) is 9.47 Å². The van der Waals surface area contributed by atoms with Crippen LogP contribution in [-0.2, 0) is 13.3 Å². The van der Waals surface area contributed by atoms with E-state index in [0.717, 1.165) is 12.6 Å². The number of hydrogen-bond acceptors (Lipinski definition) is 5. The van der Waals surface area contributed by atoms with E-state index >= 15 is 0 Å². The summed E-state index contributed by atoms with van der Waals surface area (Å²) < 4.78 is 20.7. The summed E-state index contributed by atoms with van der Waals surface area (Å²) >= 11 is 0. The van der Waals surface area contributed by atoms with Gasteiger partial charge in [0.15, 0.2) is 0 Å². The highest BCUT2D eigenvalue weighted by atomic mass is 28.4. The number of nitrogens with zero attached hydrogens (tertiary/aromatic N) is 2. The Bertz CT molecular complexity index is 328. The van der Waals surface area contributed by atoms with Gasteiger partial charge in [0.1, 0.15) is 8.24 Å². The van der Waals surface area contributed by atoms with Crippen LogP contribution in [0.4, 0.5) is 0 Å². The lowest BCUT2D eigenvalue weighted by Crippen LogP contribution is -2.56. The fourth-order valence-corrected chi connectivity index (χ4v) is 7.94. The molecule has 1 fully saturated rings. The largest absolute Gasteiger partial charge is 0.501 e. The van der Waals surface area contributed by atoms with Crippen LogP contribution in [0.15, 0.2) is 0 Å². The second-order valence-electron chi connectivity index (χ2n) is 7.75. The minimum absolute atomic E-state index is 0.528. The lowest BCUT2D eigenvalue weighted by molar-refractivity contribution is 0.0646. The fourth-order valence-electron chi connectivity index (χ4n) is 3.49. The van der Waals surface area contributed by atoms with Crippen molar-refractivity contribution in [2.24, 2.45) is 5.92 Å². The van der Waals surface area contributed by atoms with E-state index in [9.17, 15) is 0 Å². The minimum atomic E-state index is -2.52. The summed E-state index contributed by atoms with van der Waals surface area (Å²) in [6.07, 6.45) is 0. The first-order chi connectivity index (χ1) is 11.3. The Hall–Kier alpha value is 0.234. The smallest absolute Gasteiger partial charge is 0.374 e. The van der Waals surface area contributed by atoms with Crippen molar-refractivity contribution in [2.45, 2.75) is 53.4 Å². The van der Waals surface area contributed by atoms with Crippen molar-refractivity contribution >= 4 is 17.0 Å². The van der Waals surface area contributed by atoms with E-state index in [1.54, 1.807) is 0 Å². The highest BCUT2D eigenvalue weighted by Gasteiger charge is 2.42. The summed E-state index contributed by atoms with van der Waals surface area (Å²) in [4.78, 5) is 2.60. The molecule has 7 heteroatoms. The molecule has 24 heavy (non-hydrogen) atoms. The van der Waals surface area contributed by atoms with Crippen LogP contribution in [0.2, 0.25) is 25.7 Å². The molecular weight excluding hydrogens is 336 g/mol. The Morgan fingerprint density at radius 2 is 1.29 bits per heavy atom. The molecule has 1 aliphatic rings. The third-order valence-electron chi connectivity index (χ3n) is 4.58. The number of hydrogen-bond donors (Lipinski definition) is 0. The highest BCUT2D eigenvalue weighted by molar-refractivity contribution is 6.73. The predicted molar refractivity (Wildman–Crippen MR) is 106 cm³/mol. The molecule has 144 valence electrons. The molecule has 0 N–H and O–H groups in total. The van der Waals surface area contributed by atoms with Crippen LogP contribution in [0.5, 0.6) is 0 Å². The summed E-state index contributed by atoms with van der Waals surface area (Å²) in [5, 5.41) is 0. The molecule has 0 aromatic rings. The maximum absolute atomic E-state index is 6.01. The molecule has 1 saturated heterocycles. The maximum Gasteiger partial charge on any atom is 0.501 e. The topological polar surface area (TPSA) is 34.2 Å². The third-order valence-corrected chi connectivity index (χ3v) is 10.3. The average Bonchev–Trinajstić information content (AvgIpc) is 2.47. The lowest BCUT2D eigenvalue weighted by Gasteiger charge is -2.42. The molecular formula is C17H40N2O3Si2. The summed E-state index contributed by atoms with van der Waals surface area (Å²) in [5.74, 6) is 0.528. The van der Waals surface area contributed by atoms with Crippen LogP contribution in [0.1, 0.15) is 27.7 Å². The Labute approximate surface area is 152 Å². The van der Waals surface area contributed by atoms with Gasteiger partial charge in [0, 0.05) is 58.6 Å². The second-order valence-corrected chi connectivity index (χ2v) is 15.4. The molecule has 0 saturated carbocycles. The van der Waals surface area contributed by atoms with Crippen LogP contribution < -0.4 is 0 Å². The number of rotatable bonds is 11. The van der Waals surface area contributed by atoms with Crippen LogP contribution in [0, 0.1) is 5.92 Å². The van der Waals surface area contributed by atoms with E-state index in [1.807, 2.05) is 20.8 Å².